The minimum absolute atomic E-state index is 0.197. The Morgan fingerprint density at radius 3 is 2.44 bits per heavy atom. The third-order valence-electron chi connectivity index (χ3n) is 5.24. The summed E-state index contributed by atoms with van der Waals surface area (Å²) in [6.45, 7) is 1.49. The molecule has 2 heterocycles. The monoisotopic (exact) mass is 521 g/mol. The molecular weight excluding hydrogens is 501 g/mol. The molecule has 0 atom stereocenters. The zero-order valence-electron chi connectivity index (χ0n) is 19.4. The van der Waals surface area contributed by atoms with Gasteiger partial charge in [0.25, 0.3) is 0 Å². The molecule has 0 spiro atoms. The highest BCUT2D eigenvalue weighted by molar-refractivity contribution is 6.37. The lowest BCUT2D eigenvalue weighted by molar-refractivity contribution is 0.0908. The van der Waals surface area contributed by atoms with Gasteiger partial charge in [-0.25, -0.2) is 9.67 Å². The van der Waals surface area contributed by atoms with Gasteiger partial charge in [-0.05, 0) is 37.3 Å². The minimum Gasteiger partial charge on any atom is -0.469 e. The first-order valence-corrected chi connectivity index (χ1v) is 11.6. The van der Waals surface area contributed by atoms with Crippen molar-refractivity contribution in [3.63, 3.8) is 0 Å². The summed E-state index contributed by atoms with van der Waals surface area (Å²) in [6, 6.07) is 21.1. The lowest BCUT2D eigenvalue weighted by Crippen LogP contribution is -2.15. The van der Waals surface area contributed by atoms with Crippen molar-refractivity contribution in [2.75, 3.05) is 6.61 Å². The number of para-hydroxylation sites is 2. The number of rotatable bonds is 6. The Labute approximate surface area is 217 Å². The van der Waals surface area contributed by atoms with Crippen LogP contribution in [0.2, 0.25) is 10.0 Å². The zero-order chi connectivity index (χ0) is 25.7. The molecule has 0 saturated heterocycles. The number of nitrogens with zero attached hydrogens (tertiary/aromatic N) is 3. The van der Waals surface area contributed by atoms with Crippen LogP contribution in [0.3, 0.4) is 0 Å². The summed E-state index contributed by atoms with van der Waals surface area (Å²) >= 11 is 12.1. The summed E-state index contributed by atoms with van der Waals surface area (Å²) in [5.41, 5.74) is 3.33. The molecule has 0 aliphatic rings. The summed E-state index contributed by atoms with van der Waals surface area (Å²) < 4.78 is 12.1. The average Bonchev–Trinajstić information content (AvgIpc) is 3.46. The van der Waals surface area contributed by atoms with Gasteiger partial charge in [0.2, 0.25) is 11.7 Å². The van der Waals surface area contributed by atoms with E-state index in [-0.39, 0.29) is 40.2 Å². The van der Waals surface area contributed by atoms with Crippen molar-refractivity contribution in [2.24, 2.45) is 7.05 Å². The Balaban J connectivity index is 0.000000280. The van der Waals surface area contributed by atoms with Gasteiger partial charge in [0.15, 0.2) is 24.4 Å². The van der Waals surface area contributed by atoms with Gasteiger partial charge in [-0.1, -0.05) is 65.7 Å². The van der Waals surface area contributed by atoms with Crippen molar-refractivity contribution in [1.82, 2.24) is 14.8 Å². The molecular formula is C27H21Cl2N3O4. The molecule has 0 saturated carbocycles. The zero-order valence-corrected chi connectivity index (χ0v) is 21.0. The highest BCUT2D eigenvalue weighted by Gasteiger charge is 2.25. The second-order valence-corrected chi connectivity index (χ2v) is 8.58. The first kappa shape index (κ1) is 25.2. The van der Waals surface area contributed by atoms with E-state index in [9.17, 15) is 9.59 Å². The predicted molar refractivity (Wildman–Crippen MR) is 138 cm³/mol. The molecule has 0 fully saturated rings. The molecule has 0 N–H and O–H groups in total. The van der Waals surface area contributed by atoms with Crippen LogP contribution in [0.15, 0.2) is 83.6 Å². The second-order valence-electron chi connectivity index (χ2n) is 7.74. The van der Waals surface area contributed by atoms with Crippen LogP contribution >= 0.6 is 23.2 Å². The van der Waals surface area contributed by atoms with Gasteiger partial charge in [0, 0.05) is 23.2 Å². The number of ketones is 2. The summed E-state index contributed by atoms with van der Waals surface area (Å²) in [7, 11) is 1.65. The number of benzene rings is 3. The number of ether oxygens (including phenoxy) is 1. The Morgan fingerprint density at radius 2 is 1.72 bits per heavy atom. The third kappa shape index (κ3) is 5.64. The number of aromatic nitrogens is 3. The summed E-state index contributed by atoms with van der Waals surface area (Å²) in [5.74, 6) is -0.324. The van der Waals surface area contributed by atoms with Gasteiger partial charge in [0.05, 0.1) is 10.7 Å². The van der Waals surface area contributed by atoms with E-state index >= 15 is 0 Å². The molecule has 3 aromatic carbocycles. The number of carbonyl (C=O) groups excluding carboxylic acids is 2. The fraction of sp³-hybridized carbons (Fsp3) is 0.111. The molecule has 0 amide bonds. The normalized spacial score (nSPS) is 10.6. The van der Waals surface area contributed by atoms with Crippen molar-refractivity contribution in [2.45, 2.75) is 6.92 Å². The van der Waals surface area contributed by atoms with Crippen LogP contribution in [-0.2, 0) is 7.05 Å². The number of hydrogen-bond acceptors (Lipinski definition) is 6. The molecule has 182 valence electrons. The van der Waals surface area contributed by atoms with Crippen LogP contribution < -0.4 is 4.74 Å². The first-order valence-electron chi connectivity index (χ1n) is 10.9. The molecule has 0 aliphatic carbocycles. The van der Waals surface area contributed by atoms with E-state index in [1.165, 1.54) is 17.1 Å². The molecule has 0 aliphatic heterocycles. The Hall–Kier alpha value is -3.94. The molecule has 5 rings (SSSR count). The Morgan fingerprint density at radius 1 is 1.00 bits per heavy atom. The third-order valence-corrected chi connectivity index (χ3v) is 5.79. The maximum Gasteiger partial charge on any atom is 0.223 e. The van der Waals surface area contributed by atoms with Gasteiger partial charge in [-0.3, -0.25) is 9.59 Å². The highest BCUT2D eigenvalue weighted by Crippen LogP contribution is 2.29. The van der Waals surface area contributed by atoms with Crippen LogP contribution in [0.1, 0.15) is 32.0 Å². The van der Waals surface area contributed by atoms with Gasteiger partial charge in [-0.15, -0.1) is 0 Å². The van der Waals surface area contributed by atoms with E-state index in [1.54, 1.807) is 50.4 Å². The molecule has 0 radical (unpaired) electrons. The van der Waals surface area contributed by atoms with Crippen molar-refractivity contribution in [1.29, 1.82) is 0 Å². The first-order chi connectivity index (χ1) is 17.3. The fourth-order valence-electron chi connectivity index (χ4n) is 3.52. The molecule has 0 bridgehead atoms. The van der Waals surface area contributed by atoms with E-state index in [0.717, 1.165) is 11.1 Å². The molecule has 0 unspecified atom stereocenters. The van der Waals surface area contributed by atoms with Crippen LogP contribution in [0.25, 0.3) is 11.1 Å². The number of aryl methyl sites for hydroxylation is 2. The number of halogens is 2. The topological polar surface area (TPSA) is 87.2 Å². The van der Waals surface area contributed by atoms with Gasteiger partial charge >= 0.3 is 0 Å². The molecule has 7 nitrogen and oxygen atoms in total. The van der Waals surface area contributed by atoms with Crippen molar-refractivity contribution < 1.29 is 18.7 Å². The minimum atomic E-state index is -0.343. The van der Waals surface area contributed by atoms with E-state index < -0.39 is 0 Å². The molecule has 36 heavy (non-hydrogen) atoms. The number of hydrogen-bond donors (Lipinski definition) is 0. The van der Waals surface area contributed by atoms with E-state index in [2.05, 4.69) is 10.1 Å². The fourth-order valence-corrected chi connectivity index (χ4v) is 4.01. The number of fused-ring (bicyclic) bond motifs is 1. The van der Waals surface area contributed by atoms with E-state index in [4.69, 9.17) is 32.4 Å². The van der Waals surface area contributed by atoms with Crippen molar-refractivity contribution >= 4 is 45.9 Å². The molecule has 2 aromatic heterocycles. The number of oxazole rings is 1. The van der Waals surface area contributed by atoms with Gasteiger partial charge < -0.3 is 9.15 Å². The number of Topliss-reactive ketones (excluding diaryl/α,β-unsaturated/α-hetero) is 1. The van der Waals surface area contributed by atoms with Crippen molar-refractivity contribution in [3.05, 3.63) is 112 Å². The van der Waals surface area contributed by atoms with Crippen LogP contribution in [-0.4, -0.2) is 32.9 Å². The van der Waals surface area contributed by atoms with Gasteiger partial charge in [-0.2, -0.15) is 5.10 Å². The SMILES string of the molecule is Cc1nn(C)c(OCC(=O)c2ccccc2)c1C(=O)c1ccc(Cl)cc1Cl.c1ccc2ocnc2c1. The largest absolute Gasteiger partial charge is 0.469 e. The van der Waals surface area contributed by atoms with Crippen molar-refractivity contribution in [3.8, 4) is 5.88 Å². The van der Waals surface area contributed by atoms with E-state index in [1.807, 2.05) is 30.3 Å². The molecule has 9 heteroatoms. The standard InChI is InChI=1S/C20H16Cl2N2O3.C7H5NO/c1-12-18(19(26)15-9-8-14(21)10-16(15)22)20(24(2)23-12)27-11-17(25)13-6-4-3-5-7-13;1-2-4-7-6(3-1)8-5-9-7/h3-10H,11H2,1-2H3;1-5H. The van der Waals surface area contributed by atoms with Gasteiger partial charge in [0.1, 0.15) is 11.1 Å². The lowest BCUT2D eigenvalue weighted by atomic mass is 10.0. The number of carbonyl (C=O) groups is 2. The maximum atomic E-state index is 13.0. The highest BCUT2D eigenvalue weighted by atomic mass is 35.5. The second kappa shape index (κ2) is 11.2. The smallest absolute Gasteiger partial charge is 0.223 e. The summed E-state index contributed by atoms with van der Waals surface area (Å²) in [4.78, 5) is 29.3. The lowest BCUT2D eigenvalue weighted by Gasteiger charge is -2.09. The summed E-state index contributed by atoms with van der Waals surface area (Å²) in [5, 5.41) is 4.92. The van der Waals surface area contributed by atoms with Crippen LogP contribution in [0, 0.1) is 6.92 Å². The van der Waals surface area contributed by atoms with Crippen LogP contribution in [0.4, 0.5) is 0 Å². The quantitative estimate of drug-likeness (QED) is 0.241. The van der Waals surface area contributed by atoms with Crippen LogP contribution in [0.5, 0.6) is 5.88 Å². The van der Waals surface area contributed by atoms with E-state index in [0.29, 0.717) is 16.3 Å². The summed E-state index contributed by atoms with van der Waals surface area (Å²) in [6.07, 6.45) is 1.45. The molecule has 5 aromatic rings. The average molecular weight is 522 g/mol. The Bertz CT molecular complexity index is 1500. The predicted octanol–water partition coefficient (Wildman–Crippen LogP) is 6.36. The maximum absolute atomic E-state index is 13.0. The Kier molecular flexibility index (Phi) is 7.83.